The van der Waals surface area contributed by atoms with Crippen molar-refractivity contribution in [2.45, 2.75) is 26.3 Å². The first-order chi connectivity index (χ1) is 13.1. The van der Waals surface area contributed by atoms with Crippen LogP contribution in [0.1, 0.15) is 30.9 Å². The summed E-state index contributed by atoms with van der Waals surface area (Å²) in [4.78, 5) is 9.04. The Morgan fingerprint density at radius 2 is 1.96 bits per heavy atom. The van der Waals surface area contributed by atoms with Gasteiger partial charge in [0.25, 0.3) is 0 Å². The molecule has 0 aliphatic heterocycles. The second-order valence-corrected chi connectivity index (χ2v) is 7.57. The van der Waals surface area contributed by atoms with Crippen LogP contribution in [0, 0.1) is 0 Å². The molecule has 136 valence electrons. The van der Waals surface area contributed by atoms with Crippen LogP contribution in [0.3, 0.4) is 0 Å². The summed E-state index contributed by atoms with van der Waals surface area (Å²) in [5.41, 5.74) is 5.26. The summed E-state index contributed by atoms with van der Waals surface area (Å²) in [5, 5.41) is 7.93. The van der Waals surface area contributed by atoms with E-state index in [2.05, 4.69) is 75.5 Å². The van der Waals surface area contributed by atoms with Crippen LogP contribution >= 0.6 is 15.9 Å². The number of anilines is 1. The zero-order valence-electron chi connectivity index (χ0n) is 15.2. The SMILES string of the molecule is CC(C)c1ccccc1-c1cc(NCc2cccnc2)n2ncc(Br)c2n1. The molecule has 0 bridgehead atoms. The fourth-order valence-electron chi connectivity index (χ4n) is 3.13. The van der Waals surface area contributed by atoms with E-state index in [1.54, 1.807) is 12.4 Å². The summed E-state index contributed by atoms with van der Waals surface area (Å²) in [6.07, 6.45) is 5.41. The zero-order valence-corrected chi connectivity index (χ0v) is 16.8. The predicted octanol–water partition coefficient (Wildman–Crippen LogP) is 5.29. The molecule has 0 aliphatic carbocycles. The Morgan fingerprint density at radius 3 is 2.74 bits per heavy atom. The van der Waals surface area contributed by atoms with Crippen molar-refractivity contribution >= 4 is 27.4 Å². The summed E-state index contributed by atoms with van der Waals surface area (Å²) in [5.74, 6) is 1.31. The van der Waals surface area contributed by atoms with E-state index in [0.717, 1.165) is 32.8 Å². The maximum atomic E-state index is 4.86. The van der Waals surface area contributed by atoms with E-state index in [1.807, 2.05) is 22.8 Å². The van der Waals surface area contributed by atoms with Gasteiger partial charge in [0, 0.05) is 30.6 Å². The van der Waals surface area contributed by atoms with Gasteiger partial charge in [-0.3, -0.25) is 4.98 Å². The number of hydrogen-bond acceptors (Lipinski definition) is 4. The molecule has 27 heavy (non-hydrogen) atoms. The first kappa shape index (κ1) is 17.7. The number of aromatic nitrogens is 4. The molecule has 0 radical (unpaired) electrons. The number of rotatable bonds is 5. The van der Waals surface area contributed by atoms with Gasteiger partial charge in [0.05, 0.1) is 16.4 Å². The molecule has 4 rings (SSSR count). The van der Waals surface area contributed by atoms with Gasteiger partial charge in [-0.15, -0.1) is 0 Å². The molecule has 0 fully saturated rings. The quantitative estimate of drug-likeness (QED) is 0.475. The molecule has 3 heterocycles. The third-order valence-corrected chi connectivity index (χ3v) is 5.04. The van der Waals surface area contributed by atoms with Crippen LogP contribution in [0.25, 0.3) is 16.9 Å². The monoisotopic (exact) mass is 421 g/mol. The molecule has 0 spiro atoms. The van der Waals surface area contributed by atoms with Gasteiger partial charge < -0.3 is 5.32 Å². The van der Waals surface area contributed by atoms with Crippen molar-refractivity contribution in [2.24, 2.45) is 0 Å². The van der Waals surface area contributed by atoms with Crippen molar-refractivity contribution in [1.29, 1.82) is 0 Å². The van der Waals surface area contributed by atoms with Gasteiger partial charge in [0.15, 0.2) is 5.65 Å². The third kappa shape index (κ3) is 3.57. The van der Waals surface area contributed by atoms with E-state index in [4.69, 9.17) is 4.98 Å². The molecule has 4 aromatic rings. The molecule has 0 amide bonds. The summed E-state index contributed by atoms with van der Waals surface area (Å²) < 4.78 is 2.69. The van der Waals surface area contributed by atoms with Crippen molar-refractivity contribution < 1.29 is 0 Å². The fraction of sp³-hybridized carbons (Fsp3) is 0.190. The van der Waals surface area contributed by atoms with Gasteiger partial charge in [-0.25, -0.2) is 4.98 Å². The van der Waals surface area contributed by atoms with E-state index in [9.17, 15) is 0 Å². The first-order valence-electron chi connectivity index (χ1n) is 8.90. The molecule has 5 nitrogen and oxygen atoms in total. The van der Waals surface area contributed by atoms with Crippen molar-refractivity contribution in [3.8, 4) is 11.3 Å². The topological polar surface area (TPSA) is 55.1 Å². The van der Waals surface area contributed by atoms with E-state index in [1.165, 1.54) is 5.56 Å². The molecule has 1 aromatic carbocycles. The van der Waals surface area contributed by atoms with Crippen molar-refractivity contribution in [3.05, 3.63) is 76.7 Å². The molecule has 0 atom stereocenters. The molecular weight excluding hydrogens is 402 g/mol. The minimum atomic E-state index is 0.416. The Morgan fingerprint density at radius 1 is 1.11 bits per heavy atom. The predicted molar refractivity (Wildman–Crippen MR) is 112 cm³/mol. The first-order valence-corrected chi connectivity index (χ1v) is 9.69. The van der Waals surface area contributed by atoms with Gasteiger partial charge in [0.2, 0.25) is 0 Å². The number of benzene rings is 1. The number of hydrogen-bond donors (Lipinski definition) is 1. The Hall–Kier alpha value is -2.73. The summed E-state index contributed by atoms with van der Waals surface area (Å²) in [6, 6.07) is 14.5. The number of halogens is 1. The Balaban J connectivity index is 1.80. The lowest BCUT2D eigenvalue weighted by Gasteiger charge is -2.15. The molecule has 0 saturated heterocycles. The lowest BCUT2D eigenvalue weighted by Crippen LogP contribution is -2.07. The molecule has 6 heteroatoms. The minimum Gasteiger partial charge on any atom is -0.366 e. The maximum Gasteiger partial charge on any atom is 0.172 e. The Kier molecular flexibility index (Phi) is 4.90. The van der Waals surface area contributed by atoms with Gasteiger partial charge in [-0.1, -0.05) is 44.2 Å². The molecule has 0 unspecified atom stereocenters. The van der Waals surface area contributed by atoms with Gasteiger partial charge in [-0.2, -0.15) is 9.61 Å². The second-order valence-electron chi connectivity index (χ2n) is 6.71. The number of nitrogens with one attached hydrogen (secondary N) is 1. The van der Waals surface area contributed by atoms with Gasteiger partial charge >= 0.3 is 0 Å². The van der Waals surface area contributed by atoms with Crippen molar-refractivity contribution in [3.63, 3.8) is 0 Å². The highest BCUT2D eigenvalue weighted by molar-refractivity contribution is 9.10. The summed E-state index contributed by atoms with van der Waals surface area (Å²) in [7, 11) is 0. The Bertz CT molecular complexity index is 1070. The second kappa shape index (κ2) is 7.48. The average Bonchev–Trinajstić information content (AvgIpc) is 3.08. The Labute approximate surface area is 166 Å². The fourth-order valence-corrected chi connectivity index (χ4v) is 3.48. The van der Waals surface area contributed by atoms with E-state index in [0.29, 0.717) is 12.5 Å². The molecular formula is C21H20BrN5. The maximum absolute atomic E-state index is 4.86. The lowest BCUT2D eigenvalue weighted by molar-refractivity contribution is 0.867. The van der Waals surface area contributed by atoms with Crippen LogP contribution in [0.4, 0.5) is 5.82 Å². The third-order valence-electron chi connectivity index (χ3n) is 4.48. The zero-order chi connectivity index (χ0) is 18.8. The number of nitrogens with zero attached hydrogens (tertiary/aromatic N) is 4. The normalized spacial score (nSPS) is 11.3. The molecule has 3 aromatic heterocycles. The smallest absolute Gasteiger partial charge is 0.172 e. The van der Waals surface area contributed by atoms with Gasteiger partial charge in [0.1, 0.15) is 5.82 Å². The highest BCUT2D eigenvalue weighted by atomic mass is 79.9. The van der Waals surface area contributed by atoms with E-state index >= 15 is 0 Å². The van der Waals surface area contributed by atoms with Crippen LogP contribution in [0.2, 0.25) is 0 Å². The van der Waals surface area contributed by atoms with Crippen LogP contribution in [0.5, 0.6) is 0 Å². The van der Waals surface area contributed by atoms with Gasteiger partial charge in [-0.05, 0) is 39.0 Å². The van der Waals surface area contributed by atoms with Crippen molar-refractivity contribution in [2.75, 3.05) is 5.32 Å². The van der Waals surface area contributed by atoms with Crippen LogP contribution in [-0.2, 0) is 6.54 Å². The van der Waals surface area contributed by atoms with Crippen molar-refractivity contribution in [1.82, 2.24) is 19.6 Å². The highest BCUT2D eigenvalue weighted by Crippen LogP contribution is 2.31. The molecule has 1 N–H and O–H groups in total. The average molecular weight is 422 g/mol. The lowest BCUT2D eigenvalue weighted by atomic mass is 9.95. The van der Waals surface area contributed by atoms with Crippen LogP contribution in [0.15, 0.2) is 65.5 Å². The van der Waals surface area contributed by atoms with E-state index in [-0.39, 0.29) is 0 Å². The summed E-state index contributed by atoms with van der Waals surface area (Å²) in [6.45, 7) is 5.07. The number of fused-ring (bicyclic) bond motifs is 1. The van der Waals surface area contributed by atoms with Crippen LogP contribution < -0.4 is 5.32 Å². The molecule has 0 aliphatic rings. The minimum absolute atomic E-state index is 0.416. The standard InChI is InChI=1S/C21H20BrN5/c1-14(2)16-7-3-4-8-17(16)19-10-20(24-12-15-6-5-9-23-11-15)27-21(26-19)18(22)13-25-27/h3-11,13-14,24H,12H2,1-2H3. The number of pyridine rings is 1. The largest absolute Gasteiger partial charge is 0.366 e. The molecule has 0 saturated carbocycles. The summed E-state index contributed by atoms with van der Waals surface area (Å²) >= 11 is 3.57. The van der Waals surface area contributed by atoms with E-state index < -0.39 is 0 Å². The van der Waals surface area contributed by atoms with Crippen LogP contribution in [-0.4, -0.2) is 19.6 Å². The highest BCUT2D eigenvalue weighted by Gasteiger charge is 2.14.